The van der Waals surface area contributed by atoms with Gasteiger partial charge in [0.2, 0.25) is 0 Å². The highest BCUT2D eigenvalue weighted by molar-refractivity contribution is 7.91. The average molecular weight is 488 g/mol. The van der Waals surface area contributed by atoms with Crippen LogP contribution in [0.2, 0.25) is 0 Å². The Bertz CT molecular complexity index is 1170. The van der Waals surface area contributed by atoms with Crippen molar-refractivity contribution < 1.29 is 27.9 Å². The van der Waals surface area contributed by atoms with Crippen LogP contribution in [0.15, 0.2) is 46.5 Å². The first-order valence-corrected chi connectivity index (χ1v) is 12.9. The smallest absolute Gasteiger partial charge is 0.393 e. The van der Waals surface area contributed by atoms with Crippen molar-refractivity contribution in [2.75, 3.05) is 12.9 Å². The molecule has 2 heterocycles. The minimum atomic E-state index is -3.79. The molecule has 1 saturated carbocycles. The van der Waals surface area contributed by atoms with E-state index in [0.29, 0.717) is 22.8 Å². The van der Waals surface area contributed by atoms with E-state index in [-0.39, 0.29) is 16.7 Å². The lowest BCUT2D eigenvalue weighted by Gasteiger charge is -2.35. The standard InChI is InChI=1S/C24H29N3O6S/c1-15-12-20(32-3)13-16(2)22(15)34(30,31)14-21-26-23(24(28)29)33-27(21)19-6-4-17(5-7-19)18-8-10-25-11-9-18/h8-13,17,19,21H,4-7,14H2,1-3H3,(H,28,29). The summed E-state index contributed by atoms with van der Waals surface area (Å²) >= 11 is 0. The summed E-state index contributed by atoms with van der Waals surface area (Å²) in [5.41, 5.74) is 2.37. The number of methoxy groups -OCH3 is 1. The number of benzene rings is 1. The highest BCUT2D eigenvalue weighted by Gasteiger charge is 2.41. The molecule has 0 saturated heterocycles. The van der Waals surface area contributed by atoms with Gasteiger partial charge in [-0.2, -0.15) is 0 Å². The monoisotopic (exact) mass is 487 g/mol. The predicted octanol–water partition coefficient (Wildman–Crippen LogP) is 3.26. The SMILES string of the molecule is COc1cc(C)c(S(=O)(=O)CC2N=C(C(=O)O)ON2C2CCC(c3ccncc3)CC2)c(C)c1. The molecular formula is C24H29N3O6S. The number of rotatable bonds is 7. The van der Waals surface area contributed by atoms with E-state index in [1.165, 1.54) is 17.7 Å². The number of hydrogen-bond donors (Lipinski definition) is 1. The number of carbonyl (C=O) groups is 1. The molecule has 1 N–H and O–H groups in total. The summed E-state index contributed by atoms with van der Waals surface area (Å²) < 4.78 is 32.1. The highest BCUT2D eigenvalue weighted by Crippen LogP contribution is 2.37. The fourth-order valence-electron chi connectivity index (χ4n) is 5.00. The van der Waals surface area contributed by atoms with Crippen LogP contribution >= 0.6 is 0 Å². The molecule has 0 spiro atoms. The minimum absolute atomic E-state index is 0.128. The summed E-state index contributed by atoms with van der Waals surface area (Å²) in [5, 5.41) is 10.9. The molecule has 1 atom stereocenters. The van der Waals surface area contributed by atoms with Gasteiger partial charge >= 0.3 is 11.9 Å². The summed E-state index contributed by atoms with van der Waals surface area (Å²) in [6.45, 7) is 3.44. The molecule has 0 bridgehead atoms. The minimum Gasteiger partial charge on any atom is -0.497 e. The Labute approximate surface area is 199 Å². The number of aromatic nitrogens is 1. The number of carboxylic acids is 1. The molecule has 0 amide bonds. The van der Waals surface area contributed by atoms with Gasteiger partial charge in [0.15, 0.2) is 16.0 Å². The van der Waals surface area contributed by atoms with Crippen LogP contribution in [0.3, 0.4) is 0 Å². The maximum atomic E-state index is 13.4. The molecule has 1 fully saturated rings. The van der Waals surface area contributed by atoms with E-state index in [1.807, 2.05) is 12.1 Å². The lowest BCUT2D eigenvalue weighted by Crippen LogP contribution is -2.44. The molecule has 1 aromatic carbocycles. The molecular weight excluding hydrogens is 458 g/mol. The van der Waals surface area contributed by atoms with Crippen LogP contribution < -0.4 is 4.74 Å². The van der Waals surface area contributed by atoms with Gasteiger partial charge in [-0.1, -0.05) is 0 Å². The number of ether oxygens (including phenoxy) is 1. The molecule has 182 valence electrons. The fraction of sp³-hybridized carbons (Fsp3) is 0.458. The Morgan fingerprint density at radius 2 is 1.76 bits per heavy atom. The van der Waals surface area contributed by atoms with Crippen molar-refractivity contribution in [1.82, 2.24) is 10.0 Å². The number of aliphatic imine (C=N–C) groups is 1. The van der Waals surface area contributed by atoms with Crippen molar-refractivity contribution in [1.29, 1.82) is 0 Å². The molecule has 2 aliphatic rings. The summed E-state index contributed by atoms with van der Waals surface area (Å²) in [6.07, 6.45) is 5.88. The number of aliphatic carboxylic acids is 1. The first kappa shape index (κ1) is 24.2. The third kappa shape index (κ3) is 4.92. The number of sulfone groups is 1. The van der Waals surface area contributed by atoms with E-state index in [0.717, 1.165) is 25.7 Å². The van der Waals surface area contributed by atoms with E-state index in [2.05, 4.69) is 9.98 Å². The Hall–Kier alpha value is -2.98. The zero-order valence-corrected chi connectivity index (χ0v) is 20.3. The quantitative estimate of drug-likeness (QED) is 0.632. The van der Waals surface area contributed by atoms with Crippen LogP contribution in [0.5, 0.6) is 5.75 Å². The van der Waals surface area contributed by atoms with E-state index in [1.54, 1.807) is 38.4 Å². The number of hydroxylamine groups is 2. The Kier molecular flexibility index (Phi) is 6.90. The maximum absolute atomic E-state index is 13.4. The van der Waals surface area contributed by atoms with Gasteiger partial charge < -0.3 is 14.7 Å². The molecule has 0 radical (unpaired) electrons. The summed E-state index contributed by atoms with van der Waals surface area (Å²) in [5.74, 6) is -1.19. The van der Waals surface area contributed by atoms with Gasteiger partial charge in [-0.05, 0) is 86.4 Å². The van der Waals surface area contributed by atoms with Crippen molar-refractivity contribution >= 4 is 21.7 Å². The molecule has 1 unspecified atom stereocenters. The summed E-state index contributed by atoms with van der Waals surface area (Å²) in [4.78, 5) is 25.6. The number of pyridine rings is 1. The number of nitrogens with zero attached hydrogens (tertiary/aromatic N) is 3. The summed E-state index contributed by atoms with van der Waals surface area (Å²) in [7, 11) is -2.26. The second kappa shape index (κ2) is 9.71. The van der Waals surface area contributed by atoms with Crippen LogP contribution in [-0.2, 0) is 19.5 Å². The van der Waals surface area contributed by atoms with E-state index >= 15 is 0 Å². The molecule has 2 aromatic rings. The Morgan fingerprint density at radius 3 is 2.32 bits per heavy atom. The molecule has 34 heavy (non-hydrogen) atoms. The van der Waals surface area contributed by atoms with Gasteiger partial charge in [0, 0.05) is 18.4 Å². The molecule has 4 rings (SSSR count). The molecule has 10 heteroatoms. The zero-order valence-electron chi connectivity index (χ0n) is 19.5. The van der Waals surface area contributed by atoms with E-state index in [4.69, 9.17) is 9.57 Å². The second-order valence-electron chi connectivity index (χ2n) is 8.83. The van der Waals surface area contributed by atoms with Crippen LogP contribution in [0.25, 0.3) is 0 Å². The van der Waals surface area contributed by atoms with Crippen LogP contribution in [0.1, 0.15) is 48.3 Å². The third-order valence-electron chi connectivity index (χ3n) is 6.52. The zero-order chi connectivity index (χ0) is 24.5. The van der Waals surface area contributed by atoms with E-state index < -0.39 is 27.9 Å². The van der Waals surface area contributed by atoms with E-state index in [9.17, 15) is 18.3 Å². The van der Waals surface area contributed by atoms with Gasteiger partial charge in [-0.3, -0.25) is 4.98 Å². The molecule has 9 nitrogen and oxygen atoms in total. The van der Waals surface area contributed by atoms with Crippen LogP contribution in [0, 0.1) is 13.8 Å². The van der Waals surface area contributed by atoms with Crippen molar-refractivity contribution in [3.8, 4) is 5.75 Å². The number of carboxylic acid groups (broad SMARTS) is 1. The largest absolute Gasteiger partial charge is 0.497 e. The fourth-order valence-corrected chi connectivity index (χ4v) is 6.88. The van der Waals surface area contributed by atoms with Gasteiger partial charge in [-0.15, -0.1) is 5.06 Å². The average Bonchev–Trinajstić information content (AvgIpc) is 3.22. The third-order valence-corrected chi connectivity index (χ3v) is 8.52. The van der Waals surface area contributed by atoms with Crippen molar-refractivity contribution in [3.05, 3.63) is 53.3 Å². The predicted molar refractivity (Wildman–Crippen MR) is 126 cm³/mol. The Balaban J connectivity index is 1.54. The van der Waals surface area contributed by atoms with Crippen LogP contribution in [0.4, 0.5) is 0 Å². The first-order chi connectivity index (χ1) is 16.2. The summed E-state index contributed by atoms with van der Waals surface area (Å²) in [6, 6.07) is 7.25. The normalized spacial score (nSPS) is 23.3. The lowest BCUT2D eigenvalue weighted by atomic mass is 9.82. The molecule has 1 aromatic heterocycles. The van der Waals surface area contributed by atoms with Gasteiger partial charge in [0.1, 0.15) is 5.75 Å². The van der Waals surface area contributed by atoms with Gasteiger partial charge in [-0.25, -0.2) is 18.2 Å². The second-order valence-corrected chi connectivity index (χ2v) is 10.8. The maximum Gasteiger partial charge on any atom is 0.393 e. The topological polar surface area (TPSA) is 118 Å². The van der Waals surface area contributed by atoms with Crippen molar-refractivity contribution in [2.45, 2.75) is 62.6 Å². The lowest BCUT2D eigenvalue weighted by molar-refractivity contribution is -0.144. The van der Waals surface area contributed by atoms with Gasteiger partial charge in [0.05, 0.1) is 17.8 Å². The van der Waals surface area contributed by atoms with Gasteiger partial charge in [0.25, 0.3) is 0 Å². The number of aryl methyl sites for hydroxylation is 2. The highest BCUT2D eigenvalue weighted by atomic mass is 32.2. The Morgan fingerprint density at radius 1 is 1.15 bits per heavy atom. The molecule has 1 aliphatic carbocycles. The molecule has 1 aliphatic heterocycles. The van der Waals surface area contributed by atoms with Crippen LogP contribution in [-0.4, -0.2) is 60.5 Å². The first-order valence-electron chi connectivity index (χ1n) is 11.2. The number of hydrogen-bond acceptors (Lipinski definition) is 8. The van der Waals surface area contributed by atoms with Crippen molar-refractivity contribution in [3.63, 3.8) is 0 Å². The van der Waals surface area contributed by atoms with Crippen molar-refractivity contribution in [2.24, 2.45) is 4.99 Å².